The zero-order valence-electron chi connectivity index (χ0n) is 17.1. The molecule has 31 heavy (non-hydrogen) atoms. The number of anilines is 1. The first-order chi connectivity index (χ1) is 14.7. The number of carboxylic acids is 1. The van der Waals surface area contributed by atoms with Crippen LogP contribution < -0.4 is 16.8 Å². The topological polar surface area (TPSA) is 215 Å². The van der Waals surface area contributed by atoms with Crippen LogP contribution in [0.4, 0.5) is 5.82 Å². The number of nitrogen functional groups attached to an aromatic ring is 1. The number of ether oxygens (including phenoxy) is 1. The van der Waals surface area contributed by atoms with E-state index < -0.39 is 42.7 Å². The molecule has 0 unspecified atom stereocenters. The third kappa shape index (κ3) is 5.26. The molecule has 3 heterocycles. The van der Waals surface area contributed by atoms with Crippen LogP contribution in [0.3, 0.4) is 0 Å². The standard InChI is InChI=1S/C18H29N7O6/c1-8(26)5-21-9(2-3-10(19)18(29)30)4-11-13(27)14(28)17(31-11)25-7-24-12-15(20)22-6-23-16(12)25/h6-11,13-14,17,21,26-28H,2-5,19H2,1H3,(H,29,30)(H2,20,22,23)/t8-,9+,10-,11-,13-,14-,17-/m1/s1. The first-order valence-corrected chi connectivity index (χ1v) is 10.0. The smallest absolute Gasteiger partial charge is 0.320 e. The second-order valence-corrected chi connectivity index (χ2v) is 7.84. The molecule has 0 radical (unpaired) electrons. The Labute approximate surface area is 178 Å². The zero-order chi connectivity index (χ0) is 22.7. The molecule has 0 amide bonds. The van der Waals surface area contributed by atoms with E-state index in [0.717, 1.165) is 0 Å². The molecule has 7 atom stereocenters. The first kappa shape index (κ1) is 23.2. The number of fused-ring (bicyclic) bond motifs is 1. The quantitative estimate of drug-likeness (QED) is 0.213. The van der Waals surface area contributed by atoms with Gasteiger partial charge in [-0.05, 0) is 26.2 Å². The van der Waals surface area contributed by atoms with Crippen molar-refractivity contribution in [2.24, 2.45) is 5.73 Å². The van der Waals surface area contributed by atoms with Gasteiger partial charge in [-0.2, -0.15) is 0 Å². The van der Waals surface area contributed by atoms with Gasteiger partial charge in [0.05, 0.1) is 18.5 Å². The molecule has 1 fully saturated rings. The van der Waals surface area contributed by atoms with Crippen molar-refractivity contribution in [3.8, 4) is 0 Å². The maximum Gasteiger partial charge on any atom is 0.320 e. The highest BCUT2D eigenvalue weighted by Crippen LogP contribution is 2.34. The van der Waals surface area contributed by atoms with Crippen molar-refractivity contribution in [3.63, 3.8) is 0 Å². The lowest BCUT2D eigenvalue weighted by atomic mass is 9.97. The molecule has 9 N–H and O–H groups in total. The summed E-state index contributed by atoms with van der Waals surface area (Å²) in [5.74, 6) is -0.916. The Bertz CT molecular complexity index is 893. The number of nitrogens with two attached hydrogens (primary N) is 2. The summed E-state index contributed by atoms with van der Waals surface area (Å²) in [7, 11) is 0. The number of carboxylic acid groups (broad SMARTS) is 1. The van der Waals surface area contributed by atoms with Gasteiger partial charge in [0.15, 0.2) is 17.7 Å². The highest BCUT2D eigenvalue weighted by Gasteiger charge is 2.45. The average Bonchev–Trinajstić information content (AvgIpc) is 3.26. The molecule has 1 aliphatic heterocycles. The van der Waals surface area contributed by atoms with Crippen LogP contribution in [-0.4, -0.2) is 89.0 Å². The second kappa shape index (κ2) is 9.80. The Morgan fingerprint density at radius 2 is 2.03 bits per heavy atom. The minimum absolute atomic E-state index is 0.186. The minimum atomic E-state index is -1.25. The molecular weight excluding hydrogens is 410 g/mol. The third-order valence-electron chi connectivity index (χ3n) is 5.36. The number of nitrogens with zero attached hydrogens (tertiary/aromatic N) is 4. The maximum absolute atomic E-state index is 11.0. The van der Waals surface area contributed by atoms with Crippen LogP contribution in [0, 0.1) is 0 Å². The van der Waals surface area contributed by atoms with Gasteiger partial charge in [0.1, 0.15) is 30.1 Å². The fraction of sp³-hybridized carbons (Fsp3) is 0.667. The Balaban J connectivity index is 1.72. The molecule has 0 bridgehead atoms. The summed E-state index contributed by atoms with van der Waals surface area (Å²) in [6, 6.07) is -1.32. The molecular formula is C18H29N7O6. The van der Waals surface area contributed by atoms with E-state index in [9.17, 15) is 20.1 Å². The molecule has 13 nitrogen and oxygen atoms in total. The molecule has 2 aromatic rings. The number of aliphatic carboxylic acids is 1. The predicted octanol–water partition coefficient (Wildman–Crippen LogP) is -2.05. The van der Waals surface area contributed by atoms with Gasteiger partial charge in [-0.15, -0.1) is 0 Å². The summed E-state index contributed by atoms with van der Waals surface area (Å²) in [6.45, 7) is 1.88. The largest absolute Gasteiger partial charge is 0.480 e. The van der Waals surface area contributed by atoms with Crippen LogP contribution in [0.25, 0.3) is 11.2 Å². The van der Waals surface area contributed by atoms with Gasteiger partial charge in [0, 0.05) is 12.6 Å². The molecule has 3 rings (SSSR count). The second-order valence-electron chi connectivity index (χ2n) is 7.84. The van der Waals surface area contributed by atoms with Crippen LogP contribution in [0.15, 0.2) is 12.7 Å². The number of hydrogen-bond donors (Lipinski definition) is 7. The van der Waals surface area contributed by atoms with E-state index in [-0.39, 0.29) is 31.2 Å². The van der Waals surface area contributed by atoms with Crippen molar-refractivity contribution in [1.82, 2.24) is 24.8 Å². The summed E-state index contributed by atoms with van der Waals surface area (Å²) < 4.78 is 7.43. The normalized spacial score (nSPS) is 26.7. The number of aliphatic hydroxyl groups is 3. The fourth-order valence-electron chi connectivity index (χ4n) is 3.64. The van der Waals surface area contributed by atoms with Gasteiger partial charge in [-0.1, -0.05) is 0 Å². The number of aliphatic hydroxyl groups excluding tert-OH is 3. The molecule has 1 saturated heterocycles. The number of hydrogen-bond acceptors (Lipinski definition) is 11. The maximum atomic E-state index is 11.0. The van der Waals surface area contributed by atoms with Crippen molar-refractivity contribution in [2.75, 3.05) is 12.3 Å². The van der Waals surface area contributed by atoms with E-state index >= 15 is 0 Å². The minimum Gasteiger partial charge on any atom is -0.480 e. The summed E-state index contributed by atoms with van der Waals surface area (Å²) in [6.07, 6.45) is -1.26. The van der Waals surface area contributed by atoms with E-state index in [1.54, 1.807) is 6.92 Å². The predicted molar refractivity (Wildman–Crippen MR) is 109 cm³/mol. The van der Waals surface area contributed by atoms with Crippen LogP contribution in [0.5, 0.6) is 0 Å². The van der Waals surface area contributed by atoms with Crippen LogP contribution >= 0.6 is 0 Å². The molecule has 0 spiro atoms. The lowest BCUT2D eigenvalue weighted by Crippen LogP contribution is -2.41. The Morgan fingerprint density at radius 1 is 1.29 bits per heavy atom. The van der Waals surface area contributed by atoms with Crippen molar-refractivity contribution >= 4 is 23.0 Å². The summed E-state index contributed by atoms with van der Waals surface area (Å²) >= 11 is 0. The monoisotopic (exact) mass is 439 g/mol. The Kier molecular flexibility index (Phi) is 7.35. The van der Waals surface area contributed by atoms with Crippen molar-refractivity contribution in [3.05, 3.63) is 12.7 Å². The van der Waals surface area contributed by atoms with Crippen molar-refractivity contribution < 1.29 is 30.0 Å². The van der Waals surface area contributed by atoms with Crippen LogP contribution in [-0.2, 0) is 9.53 Å². The van der Waals surface area contributed by atoms with E-state index in [2.05, 4.69) is 20.3 Å². The van der Waals surface area contributed by atoms with Gasteiger partial charge in [0.25, 0.3) is 0 Å². The third-order valence-corrected chi connectivity index (χ3v) is 5.36. The SMILES string of the molecule is C[C@@H](O)CN[C@@H](CC[C@@H](N)C(=O)O)C[C@H]1O[C@@H](n2cnc3c(N)ncnc32)[C@H](O)[C@@H]1O. The Hall–Kier alpha value is -2.42. The molecule has 0 aromatic carbocycles. The van der Waals surface area contributed by atoms with E-state index in [1.165, 1.54) is 17.2 Å². The summed E-state index contributed by atoms with van der Waals surface area (Å²) in [4.78, 5) is 23.2. The number of carbonyl (C=O) groups is 1. The first-order valence-electron chi connectivity index (χ1n) is 10.0. The highest BCUT2D eigenvalue weighted by atomic mass is 16.6. The highest BCUT2D eigenvalue weighted by molar-refractivity contribution is 5.81. The molecule has 0 saturated carbocycles. The Morgan fingerprint density at radius 3 is 2.71 bits per heavy atom. The number of aromatic nitrogens is 4. The molecule has 0 aliphatic carbocycles. The molecule has 2 aromatic heterocycles. The van der Waals surface area contributed by atoms with Gasteiger partial charge in [0.2, 0.25) is 0 Å². The van der Waals surface area contributed by atoms with Gasteiger partial charge in [-0.25, -0.2) is 15.0 Å². The van der Waals surface area contributed by atoms with E-state index in [4.69, 9.17) is 21.3 Å². The summed E-state index contributed by atoms with van der Waals surface area (Å²) in [5, 5.41) is 42.9. The van der Waals surface area contributed by atoms with E-state index in [0.29, 0.717) is 17.6 Å². The van der Waals surface area contributed by atoms with Crippen molar-refractivity contribution in [1.29, 1.82) is 0 Å². The lowest BCUT2D eigenvalue weighted by Gasteiger charge is -2.25. The van der Waals surface area contributed by atoms with Gasteiger partial charge >= 0.3 is 5.97 Å². The fourth-order valence-corrected chi connectivity index (χ4v) is 3.64. The van der Waals surface area contributed by atoms with Crippen LogP contribution in [0.2, 0.25) is 0 Å². The van der Waals surface area contributed by atoms with Gasteiger partial charge in [-0.3, -0.25) is 9.36 Å². The molecule has 172 valence electrons. The molecule has 13 heteroatoms. The summed E-state index contributed by atoms with van der Waals surface area (Å²) in [5.41, 5.74) is 12.1. The molecule has 1 aliphatic rings. The zero-order valence-corrected chi connectivity index (χ0v) is 17.1. The lowest BCUT2D eigenvalue weighted by molar-refractivity contribution is -0.138. The van der Waals surface area contributed by atoms with Crippen LogP contribution in [0.1, 0.15) is 32.4 Å². The number of imidazole rings is 1. The average molecular weight is 439 g/mol. The number of nitrogens with one attached hydrogen (secondary N) is 1. The van der Waals surface area contributed by atoms with Gasteiger partial charge < -0.3 is 41.9 Å². The number of rotatable bonds is 10. The van der Waals surface area contributed by atoms with Crippen molar-refractivity contribution in [2.45, 2.75) is 68.9 Å². The van der Waals surface area contributed by atoms with E-state index in [1.807, 2.05) is 0 Å².